The fraction of sp³-hybridized carbons (Fsp3) is 0.538. The zero-order valence-electron chi connectivity index (χ0n) is 10.4. The zero-order valence-corrected chi connectivity index (χ0v) is 12.0. The van der Waals surface area contributed by atoms with Gasteiger partial charge < -0.3 is 4.90 Å². The molecular weight excluding hydrogens is 266 g/mol. The van der Waals surface area contributed by atoms with Crippen LogP contribution in [0.15, 0.2) is 11.7 Å². The average molecular weight is 282 g/mol. The fourth-order valence-electron chi connectivity index (χ4n) is 2.48. The van der Waals surface area contributed by atoms with Crippen molar-refractivity contribution in [1.29, 1.82) is 0 Å². The van der Waals surface area contributed by atoms with Gasteiger partial charge >= 0.3 is 0 Å². The molecule has 5 heteroatoms. The van der Waals surface area contributed by atoms with Gasteiger partial charge in [-0.3, -0.25) is 0 Å². The van der Waals surface area contributed by atoms with Gasteiger partial charge in [0.05, 0.1) is 10.2 Å². The van der Waals surface area contributed by atoms with Crippen molar-refractivity contribution >= 4 is 39.0 Å². The van der Waals surface area contributed by atoms with Crippen molar-refractivity contribution in [3.63, 3.8) is 0 Å². The van der Waals surface area contributed by atoms with Gasteiger partial charge in [-0.05, 0) is 36.6 Å². The molecule has 18 heavy (non-hydrogen) atoms. The quantitative estimate of drug-likeness (QED) is 0.790. The second-order valence-electron chi connectivity index (χ2n) is 4.88. The molecule has 0 atom stereocenters. The molecular formula is C13H16ClN3S. The van der Waals surface area contributed by atoms with Gasteiger partial charge in [-0.25, -0.2) is 9.97 Å². The van der Waals surface area contributed by atoms with E-state index in [-0.39, 0.29) is 0 Å². The first kappa shape index (κ1) is 12.2. The third-order valence-electron chi connectivity index (χ3n) is 3.64. The number of thiophene rings is 1. The maximum absolute atomic E-state index is 5.93. The third-order valence-corrected chi connectivity index (χ3v) is 5.16. The Hall–Kier alpha value is -0.870. The summed E-state index contributed by atoms with van der Waals surface area (Å²) in [5.41, 5.74) is 2.35. The molecule has 2 aromatic heterocycles. The summed E-state index contributed by atoms with van der Waals surface area (Å²) in [6.45, 7) is 4.22. The minimum Gasteiger partial charge on any atom is -0.355 e. The Bertz CT molecular complexity index is 546. The van der Waals surface area contributed by atoms with E-state index in [2.05, 4.69) is 27.2 Å². The Balaban J connectivity index is 1.91. The molecule has 1 aliphatic rings. The van der Waals surface area contributed by atoms with Gasteiger partial charge in [-0.15, -0.1) is 22.9 Å². The van der Waals surface area contributed by atoms with Crippen LogP contribution >= 0.6 is 22.9 Å². The molecule has 3 heterocycles. The van der Waals surface area contributed by atoms with Crippen LogP contribution in [-0.2, 0) is 0 Å². The van der Waals surface area contributed by atoms with Crippen LogP contribution < -0.4 is 4.90 Å². The number of hydrogen-bond acceptors (Lipinski definition) is 4. The van der Waals surface area contributed by atoms with Crippen molar-refractivity contribution in [2.75, 3.05) is 23.9 Å². The number of nitrogens with zero attached hydrogens (tertiary/aromatic N) is 3. The normalized spacial score (nSPS) is 17.6. The minimum absolute atomic E-state index is 0.672. The molecule has 0 radical (unpaired) electrons. The van der Waals surface area contributed by atoms with Crippen LogP contribution in [0.3, 0.4) is 0 Å². The lowest BCUT2D eigenvalue weighted by Crippen LogP contribution is -2.34. The first-order valence-electron chi connectivity index (χ1n) is 6.29. The van der Waals surface area contributed by atoms with Crippen molar-refractivity contribution in [2.24, 2.45) is 5.92 Å². The number of anilines is 1. The van der Waals surface area contributed by atoms with E-state index in [0.29, 0.717) is 5.92 Å². The van der Waals surface area contributed by atoms with E-state index in [1.165, 1.54) is 23.1 Å². The van der Waals surface area contributed by atoms with Crippen LogP contribution in [0.4, 0.5) is 5.82 Å². The molecule has 3 rings (SSSR count). The summed E-state index contributed by atoms with van der Waals surface area (Å²) >= 11 is 7.68. The lowest BCUT2D eigenvalue weighted by atomic mass is 9.99. The first-order valence-corrected chi connectivity index (χ1v) is 7.70. The summed E-state index contributed by atoms with van der Waals surface area (Å²) in [4.78, 5) is 11.2. The molecule has 0 amide bonds. The number of hydrogen-bond donors (Lipinski definition) is 0. The maximum atomic E-state index is 5.93. The number of halogens is 1. The second kappa shape index (κ2) is 5.02. The van der Waals surface area contributed by atoms with Crippen LogP contribution in [0.2, 0.25) is 0 Å². The zero-order chi connectivity index (χ0) is 12.5. The molecule has 0 N–H and O–H groups in total. The van der Waals surface area contributed by atoms with Crippen molar-refractivity contribution in [2.45, 2.75) is 19.8 Å². The van der Waals surface area contributed by atoms with E-state index in [0.717, 1.165) is 30.3 Å². The largest absolute Gasteiger partial charge is 0.355 e. The van der Waals surface area contributed by atoms with Gasteiger partial charge in [0.15, 0.2) is 0 Å². The van der Waals surface area contributed by atoms with E-state index >= 15 is 0 Å². The van der Waals surface area contributed by atoms with Crippen molar-refractivity contribution in [1.82, 2.24) is 9.97 Å². The van der Waals surface area contributed by atoms with Crippen LogP contribution in [0, 0.1) is 12.8 Å². The number of fused-ring (bicyclic) bond motifs is 1. The summed E-state index contributed by atoms with van der Waals surface area (Å²) in [6.07, 6.45) is 4.02. The van der Waals surface area contributed by atoms with Crippen LogP contribution in [0.5, 0.6) is 0 Å². The fourth-order valence-corrected chi connectivity index (χ4v) is 3.81. The molecule has 2 aromatic rings. The van der Waals surface area contributed by atoms with Gasteiger partial charge in [-0.1, -0.05) is 0 Å². The maximum Gasteiger partial charge on any atom is 0.150 e. The Morgan fingerprint density at radius 1 is 1.39 bits per heavy atom. The third kappa shape index (κ3) is 2.08. The van der Waals surface area contributed by atoms with Crippen LogP contribution in [0.1, 0.15) is 18.4 Å². The topological polar surface area (TPSA) is 29.0 Å². The summed E-state index contributed by atoms with van der Waals surface area (Å²) in [6, 6.07) is 0. The minimum atomic E-state index is 0.672. The van der Waals surface area contributed by atoms with Crippen molar-refractivity contribution < 1.29 is 0 Å². The molecule has 0 spiro atoms. The molecule has 0 aliphatic carbocycles. The van der Waals surface area contributed by atoms with Gasteiger partial charge in [0, 0.05) is 19.0 Å². The molecule has 1 aliphatic heterocycles. The molecule has 0 aromatic carbocycles. The Morgan fingerprint density at radius 3 is 2.89 bits per heavy atom. The molecule has 3 nitrogen and oxygen atoms in total. The summed E-state index contributed by atoms with van der Waals surface area (Å²) in [5, 5.41) is 2.16. The highest BCUT2D eigenvalue weighted by Gasteiger charge is 2.21. The summed E-state index contributed by atoms with van der Waals surface area (Å²) in [5.74, 6) is 2.56. The Labute approximate surface area is 116 Å². The highest BCUT2D eigenvalue weighted by atomic mass is 35.5. The van der Waals surface area contributed by atoms with E-state index in [9.17, 15) is 0 Å². The number of piperidine rings is 1. The Morgan fingerprint density at radius 2 is 2.17 bits per heavy atom. The van der Waals surface area contributed by atoms with Crippen molar-refractivity contribution in [3.05, 3.63) is 17.3 Å². The summed E-state index contributed by atoms with van der Waals surface area (Å²) < 4.78 is 1.22. The monoisotopic (exact) mass is 281 g/mol. The number of aryl methyl sites for hydroxylation is 1. The van der Waals surface area contributed by atoms with Gasteiger partial charge in [-0.2, -0.15) is 0 Å². The van der Waals surface area contributed by atoms with E-state index in [1.807, 2.05) is 0 Å². The number of aromatic nitrogens is 2. The lowest BCUT2D eigenvalue weighted by Gasteiger charge is -2.32. The predicted octanol–water partition coefficient (Wildman–Crippen LogP) is 3.45. The standard InChI is InChI=1S/C13H16ClN3S/c1-9-7-18-12-11(9)15-8-16-13(12)17-4-2-10(6-14)3-5-17/h7-8,10H,2-6H2,1H3. The lowest BCUT2D eigenvalue weighted by molar-refractivity contribution is 0.441. The molecule has 1 saturated heterocycles. The van der Waals surface area contributed by atoms with Gasteiger partial charge in [0.1, 0.15) is 12.1 Å². The molecule has 0 unspecified atom stereocenters. The highest BCUT2D eigenvalue weighted by molar-refractivity contribution is 7.18. The SMILES string of the molecule is Cc1csc2c(N3CCC(CCl)CC3)ncnc12. The number of alkyl halides is 1. The molecule has 1 fully saturated rings. The smallest absolute Gasteiger partial charge is 0.150 e. The molecule has 0 saturated carbocycles. The van der Waals surface area contributed by atoms with Gasteiger partial charge in [0.25, 0.3) is 0 Å². The van der Waals surface area contributed by atoms with E-state index in [4.69, 9.17) is 11.6 Å². The second-order valence-corrected chi connectivity index (χ2v) is 6.07. The highest BCUT2D eigenvalue weighted by Crippen LogP contribution is 2.32. The van der Waals surface area contributed by atoms with E-state index < -0.39 is 0 Å². The van der Waals surface area contributed by atoms with E-state index in [1.54, 1.807) is 17.7 Å². The molecule has 0 bridgehead atoms. The first-order chi connectivity index (χ1) is 8.79. The Kier molecular flexibility index (Phi) is 3.39. The summed E-state index contributed by atoms with van der Waals surface area (Å²) in [7, 11) is 0. The van der Waals surface area contributed by atoms with Gasteiger partial charge in [0.2, 0.25) is 0 Å². The van der Waals surface area contributed by atoms with Crippen LogP contribution in [0.25, 0.3) is 10.2 Å². The average Bonchev–Trinajstić information content (AvgIpc) is 2.81. The van der Waals surface area contributed by atoms with Crippen LogP contribution in [-0.4, -0.2) is 28.9 Å². The molecule has 96 valence electrons. The predicted molar refractivity (Wildman–Crippen MR) is 77.8 cm³/mol. The van der Waals surface area contributed by atoms with Crippen molar-refractivity contribution in [3.8, 4) is 0 Å². The number of rotatable bonds is 2.